The van der Waals surface area contributed by atoms with Crippen LogP contribution in [-0.2, 0) is 0 Å². The Morgan fingerprint density at radius 3 is 2.60 bits per heavy atom. The summed E-state index contributed by atoms with van der Waals surface area (Å²) in [6.07, 6.45) is 0. The molecule has 1 N–H and O–H groups in total. The topological polar surface area (TPSA) is 20.2 Å². The minimum absolute atomic E-state index is 0.147. The second-order valence-corrected chi connectivity index (χ2v) is 3.53. The molecule has 0 spiro atoms. The molecule has 0 heterocycles. The fraction of sp³-hybridized carbons (Fsp3) is 0.0769. The summed E-state index contributed by atoms with van der Waals surface area (Å²) < 4.78 is 13.5. The Kier molecular flexibility index (Phi) is 2.42. The third kappa shape index (κ3) is 1.99. The normalized spacial score (nSPS) is 10.3. The van der Waals surface area contributed by atoms with Gasteiger partial charge in [-0.2, -0.15) is 0 Å². The molecule has 0 radical (unpaired) electrons. The van der Waals surface area contributed by atoms with Gasteiger partial charge in [0.25, 0.3) is 0 Å². The molecule has 0 bridgehead atoms. The molecule has 0 aliphatic heterocycles. The molecular weight excluding hydrogens is 191 g/mol. The van der Waals surface area contributed by atoms with Crippen molar-refractivity contribution in [2.45, 2.75) is 6.92 Å². The van der Waals surface area contributed by atoms with E-state index in [1.54, 1.807) is 36.4 Å². The lowest BCUT2D eigenvalue weighted by Gasteiger charge is -2.05. The maximum atomic E-state index is 13.5. The third-order valence-electron chi connectivity index (χ3n) is 2.28. The number of benzene rings is 2. The van der Waals surface area contributed by atoms with Crippen LogP contribution in [0.4, 0.5) is 4.39 Å². The summed E-state index contributed by atoms with van der Waals surface area (Å²) >= 11 is 0. The summed E-state index contributed by atoms with van der Waals surface area (Å²) in [6.45, 7) is 1.91. The lowest BCUT2D eigenvalue weighted by molar-refractivity contribution is 0.475. The summed E-state index contributed by atoms with van der Waals surface area (Å²) in [5, 5.41) is 9.31. The van der Waals surface area contributed by atoms with Crippen molar-refractivity contribution < 1.29 is 9.50 Å². The molecule has 0 atom stereocenters. The van der Waals surface area contributed by atoms with Crippen molar-refractivity contribution in [1.82, 2.24) is 0 Å². The molecule has 1 nitrogen and oxygen atoms in total. The number of rotatable bonds is 1. The molecule has 0 aliphatic rings. The Hall–Kier alpha value is -1.83. The SMILES string of the molecule is Cc1ccc(F)c(-c2cccc(O)c2)c1. The Morgan fingerprint density at radius 2 is 1.87 bits per heavy atom. The van der Waals surface area contributed by atoms with Crippen LogP contribution in [0.25, 0.3) is 11.1 Å². The van der Waals surface area contributed by atoms with Crippen LogP contribution in [0, 0.1) is 12.7 Å². The van der Waals surface area contributed by atoms with Gasteiger partial charge < -0.3 is 5.11 Å². The Bertz CT molecular complexity index is 492. The number of hydrogen-bond acceptors (Lipinski definition) is 1. The molecule has 0 amide bonds. The summed E-state index contributed by atoms with van der Waals surface area (Å²) in [7, 11) is 0. The van der Waals surface area contributed by atoms with Gasteiger partial charge in [0.15, 0.2) is 0 Å². The highest BCUT2D eigenvalue weighted by molar-refractivity contribution is 5.66. The van der Waals surface area contributed by atoms with E-state index in [-0.39, 0.29) is 11.6 Å². The quantitative estimate of drug-likeness (QED) is 0.750. The van der Waals surface area contributed by atoms with Gasteiger partial charge >= 0.3 is 0 Å². The Balaban J connectivity index is 2.58. The van der Waals surface area contributed by atoms with Crippen LogP contribution in [0.1, 0.15) is 5.56 Å². The van der Waals surface area contributed by atoms with Crippen molar-refractivity contribution >= 4 is 0 Å². The second kappa shape index (κ2) is 3.73. The number of aryl methyl sites for hydroxylation is 1. The molecule has 2 aromatic rings. The van der Waals surface area contributed by atoms with Gasteiger partial charge in [-0.1, -0.05) is 23.8 Å². The first-order chi connectivity index (χ1) is 7.16. The largest absolute Gasteiger partial charge is 0.508 e. The molecule has 2 aromatic carbocycles. The molecule has 0 unspecified atom stereocenters. The lowest BCUT2D eigenvalue weighted by atomic mass is 10.0. The summed E-state index contributed by atoms with van der Waals surface area (Å²) in [6, 6.07) is 11.5. The fourth-order valence-corrected chi connectivity index (χ4v) is 1.53. The Morgan fingerprint density at radius 1 is 1.07 bits per heavy atom. The molecule has 0 aliphatic carbocycles. The van der Waals surface area contributed by atoms with E-state index in [0.29, 0.717) is 11.1 Å². The van der Waals surface area contributed by atoms with Crippen molar-refractivity contribution in [1.29, 1.82) is 0 Å². The van der Waals surface area contributed by atoms with Crippen LogP contribution in [-0.4, -0.2) is 5.11 Å². The van der Waals surface area contributed by atoms with Crippen LogP contribution in [0.3, 0.4) is 0 Å². The molecule has 0 saturated carbocycles. The summed E-state index contributed by atoms with van der Waals surface area (Å²) in [5.74, 6) is -0.125. The number of aromatic hydroxyl groups is 1. The number of phenolic OH excluding ortho intramolecular Hbond substituents is 1. The predicted molar refractivity (Wildman–Crippen MR) is 58.2 cm³/mol. The lowest BCUT2D eigenvalue weighted by Crippen LogP contribution is -1.85. The minimum atomic E-state index is -0.272. The average Bonchev–Trinajstić information content (AvgIpc) is 2.22. The van der Waals surface area contributed by atoms with Crippen LogP contribution in [0.15, 0.2) is 42.5 Å². The van der Waals surface area contributed by atoms with E-state index < -0.39 is 0 Å². The number of halogens is 1. The van der Waals surface area contributed by atoms with Crippen molar-refractivity contribution in [2.75, 3.05) is 0 Å². The highest BCUT2D eigenvalue weighted by atomic mass is 19.1. The van der Waals surface area contributed by atoms with E-state index >= 15 is 0 Å². The summed E-state index contributed by atoms with van der Waals surface area (Å²) in [4.78, 5) is 0. The molecule has 76 valence electrons. The predicted octanol–water partition coefficient (Wildman–Crippen LogP) is 3.51. The molecule has 2 heteroatoms. The zero-order valence-corrected chi connectivity index (χ0v) is 8.37. The molecule has 15 heavy (non-hydrogen) atoms. The van der Waals surface area contributed by atoms with E-state index in [1.807, 2.05) is 6.92 Å². The average molecular weight is 202 g/mol. The standard InChI is InChI=1S/C13H11FO/c1-9-5-6-13(14)12(7-9)10-3-2-4-11(15)8-10/h2-8,15H,1H3. The van der Waals surface area contributed by atoms with Crippen LogP contribution in [0.5, 0.6) is 5.75 Å². The first kappa shape index (κ1) is 9.71. The van der Waals surface area contributed by atoms with E-state index in [2.05, 4.69) is 0 Å². The number of hydrogen-bond donors (Lipinski definition) is 1. The first-order valence-corrected chi connectivity index (χ1v) is 4.72. The zero-order chi connectivity index (χ0) is 10.8. The van der Waals surface area contributed by atoms with E-state index in [9.17, 15) is 9.50 Å². The molecular formula is C13H11FO. The van der Waals surface area contributed by atoms with Gasteiger partial charge in [-0.25, -0.2) is 4.39 Å². The smallest absolute Gasteiger partial charge is 0.131 e. The maximum absolute atomic E-state index is 13.5. The van der Waals surface area contributed by atoms with Crippen LogP contribution in [0.2, 0.25) is 0 Å². The van der Waals surface area contributed by atoms with Gasteiger partial charge in [0.05, 0.1) is 0 Å². The van der Waals surface area contributed by atoms with Crippen molar-refractivity contribution in [3.63, 3.8) is 0 Å². The van der Waals surface area contributed by atoms with Crippen LogP contribution >= 0.6 is 0 Å². The maximum Gasteiger partial charge on any atom is 0.131 e. The monoisotopic (exact) mass is 202 g/mol. The van der Waals surface area contributed by atoms with Gasteiger partial charge in [-0.05, 0) is 36.8 Å². The Labute approximate surface area is 87.8 Å². The van der Waals surface area contributed by atoms with Gasteiger partial charge in [0, 0.05) is 5.56 Å². The molecule has 0 saturated heterocycles. The minimum Gasteiger partial charge on any atom is -0.508 e. The van der Waals surface area contributed by atoms with E-state index in [0.717, 1.165) is 5.56 Å². The van der Waals surface area contributed by atoms with Gasteiger partial charge in [-0.15, -0.1) is 0 Å². The zero-order valence-electron chi connectivity index (χ0n) is 8.37. The highest BCUT2D eigenvalue weighted by Gasteiger charge is 2.05. The summed E-state index contributed by atoms with van der Waals surface area (Å²) in [5.41, 5.74) is 2.21. The van der Waals surface area contributed by atoms with Gasteiger partial charge in [0.2, 0.25) is 0 Å². The van der Waals surface area contributed by atoms with Gasteiger partial charge in [-0.3, -0.25) is 0 Å². The van der Waals surface area contributed by atoms with Crippen molar-refractivity contribution in [2.24, 2.45) is 0 Å². The first-order valence-electron chi connectivity index (χ1n) is 4.72. The fourth-order valence-electron chi connectivity index (χ4n) is 1.53. The van der Waals surface area contributed by atoms with Crippen molar-refractivity contribution in [3.05, 3.63) is 53.8 Å². The molecule has 0 fully saturated rings. The third-order valence-corrected chi connectivity index (χ3v) is 2.28. The number of phenols is 1. The van der Waals surface area contributed by atoms with E-state index in [4.69, 9.17) is 0 Å². The highest BCUT2D eigenvalue weighted by Crippen LogP contribution is 2.26. The van der Waals surface area contributed by atoms with Crippen LogP contribution < -0.4 is 0 Å². The van der Waals surface area contributed by atoms with Gasteiger partial charge in [0.1, 0.15) is 11.6 Å². The second-order valence-electron chi connectivity index (χ2n) is 3.53. The molecule has 2 rings (SSSR count). The molecule has 0 aromatic heterocycles. The van der Waals surface area contributed by atoms with E-state index in [1.165, 1.54) is 6.07 Å². The van der Waals surface area contributed by atoms with Crippen molar-refractivity contribution in [3.8, 4) is 16.9 Å².